The highest BCUT2D eigenvalue weighted by Crippen LogP contribution is 2.36. The fraction of sp³-hybridized carbons (Fsp3) is 0.118. The third-order valence-electron chi connectivity index (χ3n) is 3.32. The Bertz CT molecular complexity index is 868. The fourth-order valence-corrected chi connectivity index (χ4v) is 2.74. The van der Waals surface area contributed by atoms with Crippen LogP contribution in [-0.4, -0.2) is 26.2 Å². The zero-order chi connectivity index (χ0) is 18.6. The Morgan fingerprint density at radius 3 is 2.48 bits per heavy atom. The van der Waals surface area contributed by atoms with Crippen LogP contribution in [0.15, 0.2) is 52.3 Å². The average molecular weight is 407 g/mol. The number of methoxy groups -OCH3 is 2. The lowest BCUT2D eigenvalue weighted by Crippen LogP contribution is -2.28. The molecule has 0 saturated carbocycles. The number of halogens is 2. The van der Waals surface area contributed by atoms with Crippen molar-refractivity contribution >= 4 is 33.6 Å². The first kappa shape index (κ1) is 18.4. The number of ether oxygens (including phenoxy) is 2. The Kier molecular flexibility index (Phi) is 5.72. The number of carbonyl (C=O) groups is 2. The number of nitriles is 1. The fourth-order valence-electron chi connectivity index (χ4n) is 2.20. The molecule has 1 aromatic rings. The van der Waals surface area contributed by atoms with Crippen LogP contribution in [0.4, 0.5) is 10.1 Å². The molecule has 0 spiro atoms. The summed E-state index contributed by atoms with van der Waals surface area (Å²) < 4.78 is 23.5. The van der Waals surface area contributed by atoms with Crippen molar-refractivity contribution in [1.29, 1.82) is 5.26 Å². The number of esters is 2. The Hall–Kier alpha value is -2.92. The predicted octanol–water partition coefficient (Wildman–Crippen LogP) is 2.95. The van der Waals surface area contributed by atoms with Crippen molar-refractivity contribution in [2.24, 2.45) is 0 Å². The summed E-state index contributed by atoms with van der Waals surface area (Å²) in [5, 5.41) is 9.35. The molecule has 0 bridgehead atoms. The van der Waals surface area contributed by atoms with Crippen molar-refractivity contribution in [3.63, 3.8) is 0 Å². The minimum absolute atomic E-state index is 0.0382. The second-order valence-electron chi connectivity index (χ2n) is 4.69. The molecule has 8 heteroatoms. The van der Waals surface area contributed by atoms with E-state index in [9.17, 15) is 19.2 Å². The standard InChI is InChI=1S/C17H12BrFN2O4/c1-24-16(22)11-5-3-4-8-21(15(11)17(23)25-2)14-10(9-20)6-7-12(19)13(14)18/h3-8H,1-2H3. The second-order valence-corrected chi connectivity index (χ2v) is 5.48. The van der Waals surface area contributed by atoms with E-state index in [0.29, 0.717) is 0 Å². The van der Waals surface area contributed by atoms with Crippen molar-refractivity contribution in [2.75, 3.05) is 19.1 Å². The molecule has 0 saturated heterocycles. The maximum Gasteiger partial charge on any atom is 0.355 e. The SMILES string of the molecule is COC(=O)C1=C(C(=O)OC)N(c2c(C#N)ccc(F)c2Br)C=CC=C1. The number of nitrogens with zero attached hydrogens (tertiary/aromatic N) is 2. The first-order chi connectivity index (χ1) is 12.0. The molecule has 0 atom stereocenters. The van der Waals surface area contributed by atoms with E-state index in [4.69, 9.17) is 9.47 Å². The highest BCUT2D eigenvalue weighted by atomic mass is 79.9. The van der Waals surface area contributed by atoms with Crippen LogP contribution in [0.2, 0.25) is 0 Å². The third-order valence-corrected chi connectivity index (χ3v) is 4.07. The van der Waals surface area contributed by atoms with E-state index >= 15 is 0 Å². The van der Waals surface area contributed by atoms with Gasteiger partial charge in [0.15, 0.2) is 0 Å². The monoisotopic (exact) mass is 406 g/mol. The van der Waals surface area contributed by atoms with Crippen LogP contribution in [0.1, 0.15) is 5.56 Å². The quantitative estimate of drug-likeness (QED) is 0.717. The largest absolute Gasteiger partial charge is 0.465 e. The Morgan fingerprint density at radius 2 is 1.88 bits per heavy atom. The summed E-state index contributed by atoms with van der Waals surface area (Å²) in [5.74, 6) is -2.27. The number of rotatable bonds is 3. The average Bonchev–Trinajstić information content (AvgIpc) is 2.85. The molecule has 0 unspecified atom stereocenters. The summed E-state index contributed by atoms with van der Waals surface area (Å²) in [5.41, 5.74) is -0.156. The molecule has 1 aliphatic heterocycles. The molecule has 0 aliphatic carbocycles. The van der Waals surface area contributed by atoms with Crippen molar-refractivity contribution in [3.8, 4) is 6.07 Å². The molecule has 0 N–H and O–H groups in total. The van der Waals surface area contributed by atoms with Gasteiger partial charge < -0.3 is 14.4 Å². The van der Waals surface area contributed by atoms with E-state index in [1.165, 1.54) is 42.5 Å². The molecule has 0 fully saturated rings. The van der Waals surface area contributed by atoms with Gasteiger partial charge in [-0.2, -0.15) is 5.26 Å². The predicted molar refractivity (Wildman–Crippen MR) is 90.6 cm³/mol. The van der Waals surface area contributed by atoms with E-state index in [0.717, 1.165) is 13.2 Å². The van der Waals surface area contributed by atoms with Crippen LogP contribution in [0.5, 0.6) is 0 Å². The van der Waals surface area contributed by atoms with E-state index in [-0.39, 0.29) is 27.0 Å². The van der Waals surface area contributed by atoms with E-state index < -0.39 is 17.8 Å². The molecule has 0 aromatic heterocycles. The Balaban J connectivity index is 2.84. The number of carbonyl (C=O) groups excluding carboxylic acids is 2. The van der Waals surface area contributed by atoms with E-state index in [1.807, 2.05) is 6.07 Å². The van der Waals surface area contributed by atoms with Gasteiger partial charge in [-0.05, 0) is 40.2 Å². The van der Waals surface area contributed by atoms with Gasteiger partial charge in [0.1, 0.15) is 17.6 Å². The molecular formula is C17H12BrFN2O4. The molecule has 0 radical (unpaired) electrons. The smallest absolute Gasteiger partial charge is 0.355 e. The molecule has 25 heavy (non-hydrogen) atoms. The van der Waals surface area contributed by atoms with Crippen LogP contribution in [0.3, 0.4) is 0 Å². The molecular weight excluding hydrogens is 395 g/mol. The minimum Gasteiger partial charge on any atom is -0.465 e. The van der Waals surface area contributed by atoms with Crippen LogP contribution >= 0.6 is 15.9 Å². The Labute approximate surface area is 151 Å². The molecule has 6 nitrogen and oxygen atoms in total. The zero-order valence-electron chi connectivity index (χ0n) is 13.2. The molecule has 0 amide bonds. The lowest BCUT2D eigenvalue weighted by Gasteiger charge is -2.25. The van der Waals surface area contributed by atoms with Gasteiger partial charge in [0, 0.05) is 6.20 Å². The highest BCUT2D eigenvalue weighted by Gasteiger charge is 2.30. The summed E-state index contributed by atoms with van der Waals surface area (Å²) in [7, 11) is 2.31. The van der Waals surface area contributed by atoms with Gasteiger partial charge in [-0.25, -0.2) is 14.0 Å². The van der Waals surface area contributed by atoms with Gasteiger partial charge in [-0.1, -0.05) is 6.08 Å². The summed E-state index contributed by atoms with van der Waals surface area (Å²) in [4.78, 5) is 25.6. The first-order valence-electron chi connectivity index (χ1n) is 6.89. The summed E-state index contributed by atoms with van der Waals surface area (Å²) in [6.45, 7) is 0. The summed E-state index contributed by atoms with van der Waals surface area (Å²) >= 11 is 3.09. The number of hydrogen-bond donors (Lipinski definition) is 0. The van der Waals surface area contributed by atoms with Gasteiger partial charge in [0.25, 0.3) is 0 Å². The maximum absolute atomic E-state index is 14.0. The van der Waals surface area contributed by atoms with Crippen LogP contribution < -0.4 is 4.90 Å². The zero-order valence-corrected chi connectivity index (χ0v) is 14.8. The van der Waals surface area contributed by atoms with Gasteiger partial charge in [0.2, 0.25) is 0 Å². The van der Waals surface area contributed by atoms with Crippen molar-refractivity contribution < 1.29 is 23.5 Å². The number of allylic oxidation sites excluding steroid dienone is 2. The second kappa shape index (κ2) is 7.77. The summed E-state index contributed by atoms with van der Waals surface area (Å²) in [6, 6.07) is 4.33. The molecule has 2 rings (SSSR count). The van der Waals surface area contributed by atoms with Crippen LogP contribution in [0, 0.1) is 17.1 Å². The summed E-state index contributed by atoms with van der Waals surface area (Å²) in [6.07, 6.45) is 5.82. The number of benzene rings is 1. The highest BCUT2D eigenvalue weighted by molar-refractivity contribution is 9.10. The lowest BCUT2D eigenvalue weighted by atomic mass is 10.1. The molecule has 1 aliphatic rings. The van der Waals surface area contributed by atoms with Crippen LogP contribution in [-0.2, 0) is 19.1 Å². The van der Waals surface area contributed by atoms with Crippen molar-refractivity contribution in [2.45, 2.75) is 0 Å². The van der Waals surface area contributed by atoms with E-state index in [2.05, 4.69) is 15.9 Å². The third kappa shape index (κ3) is 3.46. The number of hydrogen-bond acceptors (Lipinski definition) is 6. The van der Waals surface area contributed by atoms with Gasteiger partial charge >= 0.3 is 11.9 Å². The normalized spacial score (nSPS) is 13.3. The van der Waals surface area contributed by atoms with Gasteiger partial charge in [0.05, 0.1) is 35.5 Å². The molecule has 128 valence electrons. The van der Waals surface area contributed by atoms with Crippen molar-refractivity contribution in [3.05, 3.63) is 63.7 Å². The maximum atomic E-state index is 14.0. The van der Waals surface area contributed by atoms with Crippen LogP contribution in [0.25, 0.3) is 0 Å². The molecule has 1 aromatic carbocycles. The molecule has 1 heterocycles. The number of anilines is 1. The lowest BCUT2D eigenvalue weighted by molar-refractivity contribution is -0.139. The first-order valence-corrected chi connectivity index (χ1v) is 7.68. The Morgan fingerprint density at radius 1 is 1.20 bits per heavy atom. The van der Waals surface area contributed by atoms with Crippen molar-refractivity contribution in [1.82, 2.24) is 0 Å². The van der Waals surface area contributed by atoms with E-state index in [1.54, 1.807) is 0 Å². The minimum atomic E-state index is -0.850. The van der Waals surface area contributed by atoms with Gasteiger partial charge in [-0.3, -0.25) is 0 Å². The topological polar surface area (TPSA) is 79.6 Å². The van der Waals surface area contributed by atoms with Gasteiger partial charge in [-0.15, -0.1) is 0 Å².